The molecule has 0 atom stereocenters. The van der Waals surface area contributed by atoms with Crippen LogP contribution in [0.2, 0.25) is 0 Å². The molecule has 2 aromatic rings. The van der Waals surface area contributed by atoms with Gasteiger partial charge in [-0.05, 0) is 50.8 Å². The molecular weight excluding hydrogens is 378 g/mol. The summed E-state index contributed by atoms with van der Waals surface area (Å²) in [4.78, 5) is 13.7. The van der Waals surface area contributed by atoms with Crippen LogP contribution in [0.3, 0.4) is 0 Å². The first kappa shape index (κ1) is 20.3. The number of fused-ring (bicyclic) bond motifs is 1. The second kappa shape index (κ2) is 8.72. The molecule has 150 valence electrons. The van der Waals surface area contributed by atoms with Crippen LogP contribution in [0.1, 0.15) is 12.0 Å². The predicted molar refractivity (Wildman–Crippen MR) is 108 cm³/mol. The van der Waals surface area contributed by atoms with Gasteiger partial charge in [-0.2, -0.15) is 4.31 Å². The SMILES string of the molecule is CN(C)CCCN(Cc1ccccc1)S(=O)(=O)c1ccc2c(c1)NC(=O)CO2. The highest BCUT2D eigenvalue weighted by atomic mass is 32.2. The Labute approximate surface area is 166 Å². The minimum absolute atomic E-state index is 0.0657. The Hall–Kier alpha value is -2.42. The first-order valence-corrected chi connectivity index (χ1v) is 10.6. The van der Waals surface area contributed by atoms with Crippen molar-refractivity contribution in [3.63, 3.8) is 0 Å². The van der Waals surface area contributed by atoms with Crippen molar-refractivity contribution in [3.05, 3.63) is 54.1 Å². The van der Waals surface area contributed by atoms with Gasteiger partial charge in [-0.15, -0.1) is 0 Å². The van der Waals surface area contributed by atoms with Crippen LogP contribution >= 0.6 is 0 Å². The third kappa shape index (κ3) is 4.89. The standard InChI is InChI=1S/C20H25N3O4S/c1-22(2)11-6-12-23(14-16-7-4-3-5-8-16)28(25,26)17-9-10-19-18(13-17)21-20(24)15-27-19/h3-5,7-10,13H,6,11-12,14-15H2,1-2H3,(H,21,24). The summed E-state index contributed by atoms with van der Waals surface area (Å²) in [6.07, 6.45) is 0.712. The molecule has 0 fully saturated rings. The van der Waals surface area contributed by atoms with Crippen molar-refractivity contribution in [2.45, 2.75) is 17.9 Å². The second-order valence-corrected chi connectivity index (χ2v) is 8.91. The zero-order valence-corrected chi connectivity index (χ0v) is 16.9. The fourth-order valence-corrected chi connectivity index (χ4v) is 4.50. The average molecular weight is 404 g/mol. The van der Waals surface area contributed by atoms with Crippen LogP contribution in [0.4, 0.5) is 5.69 Å². The summed E-state index contributed by atoms with van der Waals surface area (Å²) >= 11 is 0. The van der Waals surface area contributed by atoms with Gasteiger partial charge in [0.25, 0.3) is 5.91 Å². The fourth-order valence-electron chi connectivity index (χ4n) is 3.01. The van der Waals surface area contributed by atoms with E-state index in [0.717, 1.165) is 12.1 Å². The molecule has 0 bridgehead atoms. The molecule has 0 saturated heterocycles. The number of carbonyl (C=O) groups is 1. The number of sulfonamides is 1. The van der Waals surface area contributed by atoms with Crippen LogP contribution in [0, 0.1) is 0 Å². The highest BCUT2D eigenvalue weighted by Crippen LogP contribution is 2.31. The zero-order valence-electron chi connectivity index (χ0n) is 16.1. The van der Waals surface area contributed by atoms with Gasteiger partial charge in [0.05, 0.1) is 10.6 Å². The molecule has 3 rings (SSSR count). The third-order valence-corrected chi connectivity index (χ3v) is 6.28. The smallest absolute Gasteiger partial charge is 0.262 e. The molecule has 0 aromatic heterocycles. The Balaban J connectivity index is 1.88. The van der Waals surface area contributed by atoms with Gasteiger partial charge < -0.3 is 15.0 Å². The predicted octanol–water partition coefficient (Wildman–Crippen LogP) is 2.16. The molecule has 7 nitrogen and oxygen atoms in total. The van der Waals surface area contributed by atoms with Gasteiger partial charge in [0.15, 0.2) is 6.61 Å². The van der Waals surface area contributed by atoms with Gasteiger partial charge in [0.1, 0.15) is 5.75 Å². The van der Waals surface area contributed by atoms with Crippen molar-refractivity contribution >= 4 is 21.6 Å². The minimum atomic E-state index is -3.74. The quantitative estimate of drug-likeness (QED) is 0.731. The van der Waals surface area contributed by atoms with E-state index in [9.17, 15) is 13.2 Å². The summed E-state index contributed by atoms with van der Waals surface area (Å²) in [6.45, 7) is 1.41. The lowest BCUT2D eigenvalue weighted by Gasteiger charge is -2.24. The summed E-state index contributed by atoms with van der Waals surface area (Å²) in [5.41, 5.74) is 1.30. The number of rotatable bonds is 8. The Bertz CT molecular complexity index is 930. The second-order valence-electron chi connectivity index (χ2n) is 6.98. The van der Waals surface area contributed by atoms with Crippen LogP contribution in [-0.4, -0.2) is 57.3 Å². The number of nitrogens with zero attached hydrogens (tertiary/aromatic N) is 2. The number of nitrogens with one attached hydrogen (secondary N) is 1. The monoisotopic (exact) mass is 403 g/mol. The van der Waals surface area contributed by atoms with E-state index in [2.05, 4.69) is 5.32 Å². The highest BCUT2D eigenvalue weighted by molar-refractivity contribution is 7.89. The Kier molecular flexibility index (Phi) is 6.33. The van der Waals surface area contributed by atoms with Crippen molar-refractivity contribution in [2.24, 2.45) is 0 Å². The highest BCUT2D eigenvalue weighted by Gasteiger charge is 2.27. The Morgan fingerprint density at radius 1 is 1.07 bits per heavy atom. The molecule has 0 aliphatic carbocycles. The summed E-state index contributed by atoms with van der Waals surface area (Å²) < 4.78 is 33.5. The van der Waals surface area contributed by atoms with Crippen LogP contribution < -0.4 is 10.1 Å². The Morgan fingerprint density at radius 3 is 2.54 bits per heavy atom. The molecule has 0 saturated carbocycles. The number of amides is 1. The maximum absolute atomic E-state index is 13.3. The molecule has 1 aliphatic rings. The minimum Gasteiger partial charge on any atom is -0.482 e. The van der Waals surface area contributed by atoms with Gasteiger partial charge in [0.2, 0.25) is 10.0 Å². The van der Waals surface area contributed by atoms with Crippen molar-refractivity contribution in [1.29, 1.82) is 0 Å². The lowest BCUT2D eigenvalue weighted by Crippen LogP contribution is -2.33. The van der Waals surface area contributed by atoms with E-state index in [1.54, 1.807) is 6.07 Å². The van der Waals surface area contributed by atoms with Gasteiger partial charge >= 0.3 is 0 Å². The van der Waals surface area contributed by atoms with E-state index in [0.29, 0.717) is 24.4 Å². The van der Waals surface area contributed by atoms with Crippen LogP contribution in [-0.2, 0) is 21.4 Å². The normalized spacial score (nSPS) is 13.9. The molecule has 0 radical (unpaired) electrons. The topological polar surface area (TPSA) is 79.0 Å². The number of hydrogen-bond acceptors (Lipinski definition) is 5. The lowest BCUT2D eigenvalue weighted by atomic mass is 10.2. The lowest BCUT2D eigenvalue weighted by molar-refractivity contribution is -0.118. The van der Waals surface area contributed by atoms with E-state index in [4.69, 9.17) is 4.74 Å². The van der Waals surface area contributed by atoms with E-state index >= 15 is 0 Å². The average Bonchev–Trinajstić information content (AvgIpc) is 2.67. The van der Waals surface area contributed by atoms with E-state index in [-0.39, 0.29) is 24.0 Å². The molecule has 1 aliphatic heterocycles. The molecule has 1 N–H and O–H groups in total. The van der Waals surface area contributed by atoms with E-state index in [1.807, 2.05) is 49.3 Å². The fraction of sp³-hybridized carbons (Fsp3) is 0.350. The van der Waals surface area contributed by atoms with Gasteiger partial charge in [-0.3, -0.25) is 4.79 Å². The molecule has 2 aromatic carbocycles. The molecule has 8 heteroatoms. The summed E-state index contributed by atoms with van der Waals surface area (Å²) in [5.74, 6) is 0.176. The number of ether oxygens (including phenoxy) is 1. The van der Waals surface area contributed by atoms with Gasteiger partial charge in [-0.1, -0.05) is 30.3 Å². The van der Waals surface area contributed by atoms with Gasteiger partial charge in [0, 0.05) is 13.1 Å². The van der Waals surface area contributed by atoms with E-state index < -0.39 is 10.0 Å². The first-order chi connectivity index (χ1) is 13.4. The molecule has 0 unspecified atom stereocenters. The summed E-state index contributed by atoms with van der Waals surface area (Å²) in [7, 11) is 0.181. The number of carbonyl (C=O) groups excluding carboxylic acids is 1. The zero-order chi connectivity index (χ0) is 20.1. The van der Waals surface area contributed by atoms with Crippen LogP contribution in [0.15, 0.2) is 53.4 Å². The number of anilines is 1. The van der Waals surface area contributed by atoms with Crippen molar-refractivity contribution in [1.82, 2.24) is 9.21 Å². The van der Waals surface area contributed by atoms with Crippen molar-refractivity contribution < 1.29 is 17.9 Å². The maximum atomic E-state index is 13.3. The first-order valence-electron chi connectivity index (χ1n) is 9.12. The largest absolute Gasteiger partial charge is 0.482 e. The number of benzene rings is 2. The third-order valence-electron chi connectivity index (χ3n) is 4.44. The van der Waals surface area contributed by atoms with Crippen LogP contribution in [0.5, 0.6) is 5.75 Å². The van der Waals surface area contributed by atoms with E-state index in [1.165, 1.54) is 16.4 Å². The summed E-state index contributed by atoms with van der Waals surface area (Å²) in [6, 6.07) is 14.1. The molecule has 28 heavy (non-hydrogen) atoms. The van der Waals surface area contributed by atoms with Crippen molar-refractivity contribution in [3.8, 4) is 5.75 Å². The maximum Gasteiger partial charge on any atom is 0.262 e. The summed E-state index contributed by atoms with van der Waals surface area (Å²) in [5, 5.41) is 2.67. The van der Waals surface area contributed by atoms with Gasteiger partial charge in [-0.25, -0.2) is 8.42 Å². The van der Waals surface area contributed by atoms with Crippen molar-refractivity contribution in [2.75, 3.05) is 39.1 Å². The van der Waals surface area contributed by atoms with Crippen LogP contribution in [0.25, 0.3) is 0 Å². The molecule has 0 spiro atoms. The number of hydrogen-bond donors (Lipinski definition) is 1. The Morgan fingerprint density at radius 2 is 1.82 bits per heavy atom. The molecule has 1 heterocycles. The molecular formula is C20H25N3O4S. The molecule has 1 amide bonds.